The molecule has 1 aromatic heterocycles. The molecular formula is C18H23N3. The maximum atomic E-state index is 4.83. The third-order valence-electron chi connectivity index (χ3n) is 3.94. The molecule has 0 spiro atoms. The van der Waals surface area contributed by atoms with Gasteiger partial charge in [-0.1, -0.05) is 38.1 Å². The number of fused-ring (bicyclic) bond motifs is 1. The molecule has 0 saturated carbocycles. The fraction of sp³-hybridized carbons (Fsp3) is 0.444. The number of hydrogen-bond donors (Lipinski definition) is 1. The predicted molar refractivity (Wildman–Crippen MR) is 86.7 cm³/mol. The summed E-state index contributed by atoms with van der Waals surface area (Å²) in [6.07, 6.45) is 2.06. The molecule has 1 aliphatic rings. The smallest absolute Gasteiger partial charge is 0.138 e. The van der Waals surface area contributed by atoms with Crippen molar-refractivity contribution >= 4 is 5.82 Å². The van der Waals surface area contributed by atoms with Crippen LogP contribution in [0.4, 0.5) is 5.82 Å². The Balaban J connectivity index is 1.93. The summed E-state index contributed by atoms with van der Waals surface area (Å²) in [5, 5.41) is 3.34. The second-order valence-corrected chi connectivity index (χ2v) is 6.19. The summed E-state index contributed by atoms with van der Waals surface area (Å²) in [6, 6.07) is 10.7. The number of nitrogens with zero attached hydrogens (tertiary/aromatic N) is 2. The highest BCUT2D eigenvalue weighted by atomic mass is 15.0. The van der Waals surface area contributed by atoms with Crippen LogP contribution < -0.4 is 5.32 Å². The van der Waals surface area contributed by atoms with E-state index in [0.29, 0.717) is 11.8 Å². The van der Waals surface area contributed by atoms with E-state index in [-0.39, 0.29) is 0 Å². The Kier molecular flexibility index (Phi) is 3.91. The molecule has 21 heavy (non-hydrogen) atoms. The Labute approximate surface area is 126 Å². The molecule has 0 saturated heterocycles. The molecule has 3 rings (SSSR count). The molecule has 0 bridgehead atoms. The van der Waals surface area contributed by atoms with E-state index in [9.17, 15) is 0 Å². The van der Waals surface area contributed by atoms with Gasteiger partial charge >= 0.3 is 0 Å². The van der Waals surface area contributed by atoms with E-state index in [0.717, 1.165) is 36.7 Å². The van der Waals surface area contributed by atoms with E-state index >= 15 is 0 Å². The van der Waals surface area contributed by atoms with Crippen LogP contribution in [0, 0.1) is 5.92 Å². The average molecular weight is 281 g/mol. The van der Waals surface area contributed by atoms with E-state index in [1.54, 1.807) is 0 Å². The van der Waals surface area contributed by atoms with Crippen LogP contribution in [0.1, 0.15) is 49.3 Å². The number of rotatable bonds is 5. The van der Waals surface area contributed by atoms with Gasteiger partial charge in [0.2, 0.25) is 0 Å². The summed E-state index contributed by atoms with van der Waals surface area (Å²) in [7, 11) is 0. The second-order valence-electron chi connectivity index (χ2n) is 6.19. The van der Waals surface area contributed by atoms with Crippen LogP contribution in [0.5, 0.6) is 0 Å². The monoisotopic (exact) mass is 281 g/mol. The van der Waals surface area contributed by atoms with E-state index in [1.165, 1.54) is 11.1 Å². The van der Waals surface area contributed by atoms with Crippen molar-refractivity contribution in [3.8, 4) is 0 Å². The topological polar surface area (TPSA) is 37.8 Å². The normalized spacial score (nSPS) is 16.5. The molecule has 3 heteroatoms. The largest absolute Gasteiger partial charge is 0.370 e. The van der Waals surface area contributed by atoms with Crippen molar-refractivity contribution in [1.29, 1.82) is 0 Å². The van der Waals surface area contributed by atoms with Crippen LogP contribution in [0.3, 0.4) is 0 Å². The van der Waals surface area contributed by atoms with Gasteiger partial charge in [-0.05, 0) is 36.8 Å². The third-order valence-corrected chi connectivity index (χ3v) is 3.94. The van der Waals surface area contributed by atoms with E-state index in [4.69, 9.17) is 9.97 Å². The van der Waals surface area contributed by atoms with Gasteiger partial charge in [-0.15, -0.1) is 0 Å². The predicted octanol–water partition coefficient (Wildman–Crippen LogP) is 3.79. The van der Waals surface area contributed by atoms with Gasteiger partial charge in [0.15, 0.2) is 0 Å². The lowest BCUT2D eigenvalue weighted by Gasteiger charge is -2.29. The molecule has 0 aliphatic heterocycles. The van der Waals surface area contributed by atoms with E-state index in [2.05, 4.69) is 56.4 Å². The van der Waals surface area contributed by atoms with Gasteiger partial charge in [0, 0.05) is 24.2 Å². The van der Waals surface area contributed by atoms with Crippen molar-refractivity contribution in [2.24, 2.45) is 5.92 Å². The highest BCUT2D eigenvalue weighted by Crippen LogP contribution is 2.38. The minimum absolute atomic E-state index is 0.366. The second kappa shape index (κ2) is 5.84. The first-order valence-electron chi connectivity index (χ1n) is 7.87. The SMILES string of the molecule is CCNc1cc(CC(C)C)nc(C2Cc3ccccc32)n1. The van der Waals surface area contributed by atoms with Crippen LogP contribution in [-0.4, -0.2) is 16.5 Å². The first-order valence-corrected chi connectivity index (χ1v) is 7.87. The molecule has 1 aromatic carbocycles. The molecule has 1 heterocycles. The molecule has 1 unspecified atom stereocenters. The number of hydrogen-bond acceptors (Lipinski definition) is 3. The highest BCUT2D eigenvalue weighted by molar-refractivity contribution is 5.46. The zero-order chi connectivity index (χ0) is 14.8. The van der Waals surface area contributed by atoms with Gasteiger partial charge in [0.05, 0.1) is 0 Å². The lowest BCUT2D eigenvalue weighted by atomic mass is 9.77. The quantitative estimate of drug-likeness (QED) is 0.906. The van der Waals surface area contributed by atoms with Gasteiger partial charge in [0.25, 0.3) is 0 Å². The Morgan fingerprint density at radius 3 is 2.76 bits per heavy atom. The van der Waals surface area contributed by atoms with Gasteiger partial charge in [-0.2, -0.15) is 0 Å². The molecular weight excluding hydrogens is 258 g/mol. The molecule has 2 aromatic rings. The Morgan fingerprint density at radius 2 is 2.05 bits per heavy atom. The lowest BCUT2D eigenvalue weighted by Crippen LogP contribution is -2.21. The minimum atomic E-state index is 0.366. The molecule has 1 N–H and O–H groups in total. The van der Waals surface area contributed by atoms with Crippen LogP contribution in [-0.2, 0) is 12.8 Å². The maximum absolute atomic E-state index is 4.83. The van der Waals surface area contributed by atoms with Crippen molar-refractivity contribution < 1.29 is 0 Å². The Hall–Kier alpha value is -1.90. The maximum Gasteiger partial charge on any atom is 0.138 e. The van der Waals surface area contributed by atoms with Crippen molar-refractivity contribution in [2.75, 3.05) is 11.9 Å². The fourth-order valence-corrected chi connectivity index (χ4v) is 2.96. The van der Waals surface area contributed by atoms with Gasteiger partial charge in [-0.3, -0.25) is 0 Å². The van der Waals surface area contributed by atoms with E-state index < -0.39 is 0 Å². The molecule has 1 aliphatic carbocycles. The van der Waals surface area contributed by atoms with Crippen molar-refractivity contribution in [3.63, 3.8) is 0 Å². The first-order chi connectivity index (χ1) is 10.2. The lowest BCUT2D eigenvalue weighted by molar-refractivity contribution is 0.613. The molecule has 0 radical (unpaired) electrons. The summed E-state index contributed by atoms with van der Waals surface area (Å²) in [5.74, 6) is 2.91. The molecule has 0 fully saturated rings. The van der Waals surface area contributed by atoms with Gasteiger partial charge in [-0.25, -0.2) is 9.97 Å². The standard InChI is InChI=1S/C18H23N3/c1-4-19-17-11-14(9-12(2)3)20-18(21-17)16-10-13-7-5-6-8-15(13)16/h5-8,11-12,16H,4,9-10H2,1-3H3,(H,19,20,21). The summed E-state index contributed by atoms with van der Waals surface area (Å²) < 4.78 is 0. The summed E-state index contributed by atoms with van der Waals surface area (Å²) in [5.41, 5.74) is 3.97. The summed E-state index contributed by atoms with van der Waals surface area (Å²) in [6.45, 7) is 7.45. The van der Waals surface area contributed by atoms with Crippen LogP contribution in [0.25, 0.3) is 0 Å². The molecule has 0 amide bonds. The van der Waals surface area contributed by atoms with E-state index in [1.807, 2.05) is 0 Å². The van der Waals surface area contributed by atoms with Crippen molar-refractivity contribution in [3.05, 3.63) is 53.0 Å². The van der Waals surface area contributed by atoms with Crippen molar-refractivity contribution in [1.82, 2.24) is 9.97 Å². The number of aromatic nitrogens is 2. The van der Waals surface area contributed by atoms with Crippen LogP contribution in [0.15, 0.2) is 30.3 Å². The molecule has 3 nitrogen and oxygen atoms in total. The van der Waals surface area contributed by atoms with Crippen LogP contribution >= 0.6 is 0 Å². The van der Waals surface area contributed by atoms with Crippen molar-refractivity contribution in [2.45, 2.75) is 39.5 Å². The zero-order valence-electron chi connectivity index (χ0n) is 13.1. The fourth-order valence-electron chi connectivity index (χ4n) is 2.96. The Morgan fingerprint density at radius 1 is 1.24 bits per heavy atom. The first kappa shape index (κ1) is 14.1. The highest BCUT2D eigenvalue weighted by Gasteiger charge is 2.29. The van der Waals surface area contributed by atoms with Gasteiger partial charge < -0.3 is 5.32 Å². The van der Waals surface area contributed by atoms with Gasteiger partial charge in [0.1, 0.15) is 11.6 Å². The molecule has 1 atom stereocenters. The van der Waals surface area contributed by atoms with Crippen LogP contribution in [0.2, 0.25) is 0 Å². The summed E-state index contributed by atoms with van der Waals surface area (Å²) in [4.78, 5) is 9.55. The number of anilines is 1. The number of benzene rings is 1. The average Bonchev–Trinajstić information content (AvgIpc) is 2.39. The zero-order valence-corrected chi connectivity index (χ0v) is 13.1. The molecule has 110 valence electrons. The number of nitrogens with one attached hydrogen (secondary N) is 1. The third kappa shape index (κ3) is 2.92. The Bertz CT molecular complexity index is 634. The minimum Gasteiger partial charge on any atom is -0.370 e. The summed E-state index contributed by atoms with van der Waals surface area (Å²) >= 11 is 0.